The van der Waals surface area contributed by atoms with Crippen molar-refractivity contribution in [2.45, 2.75) is 59.4 Å². The van der Waals surface area contributed by atoms with Crippen LogP contribution in [-0.2, 0) is 0 Å². The second kappa shape index (κ2) is 12.3. The standard InChI is InChI=1S/C21H25N7O.2C2H6/c29-21-18(16-4-3-7-22-13-16)14-25-28(21)20-12-19(23-15-24-20)27-10-5-17(6-11-27)26-8-1-2-9-26;2*1-2/h3-4,7,12-15,17,25H,1-2,5-6,8-11H2;2*1-2H3. The first-order chi connectivity index (χ1) is 16.3. The van der Waals surface area contributed by atoms with Gasteiger partial charge in [-0.25, -0.2) is 14.6 Å². The fourth-order valence-electron chi connectivity index (χ4n) is 4.47. The maximum atomic E-state index is 12.9. The number of H-pyrrole nitrogens is 1. The molecule has 2 aliphatic heterocycles. The third kappa shape index (κ3) is 5.68. The van der Waals surface area contributed by atoms with Crippen molar-refractivity contribution in [2.75, 3.05) is 31.1 Å². The first-order valence-corrected chi connectivity index (χ1v) is 12.3. The molecule has 0 bridgehead atoms. The number of hydrogen-bond donors (Lipinski definition) is 1. The van der Waals surface area contributed by atoms with Crippen LogP contribution < -0.4 is 10.5 Å². The molecule has 2 fully saturated rings. The van der Waals surface area contributed by atoms with Crippen molar-refractivity contribution in [3.63, 3.8) is 0 Å². The number of rotatable bonds is 4. The Morgan fingerprint density at radius 1 is 0.970 bits per heavy atom. The van der Waals surface area contributed by atoms with Crippen LogP contribution in [0.2, 0.25) is 0 Å². The Morgan fingerprint density at radius 2 is 1.67 bits per heavy atom. The van der Waals surface area contributed by atoms with Crippen molar-refractivity contribution in [3.05, 3.63) is 53.5 Å². The first-order valence-electron chi connectivity index (χ1n) is 12.3. The summed E-state index contributed by atoms with van der Waals surface area (Å²) in [5.41, 5.74) is 1.21. The van der Waals surface area contributed by atoms with Crippen LogP contribution in [0.1, 0.15) is 53.4 Å². The predicted octanol–water partition coefficient (Wildman–Crippen LogP) is 4.13. The van der Waals surface area contributed by atoms with Crippen LogP contribution in [-0.4, -0.2) is 61.9 Å². The monoisotopic (exact) mass is 451 g/mol. The van der Waals surface area contributed by atoms with Gasteiger partial charge in [0.2, 0.25) is 0 Å². The van der Waals surface area contributed by atoms with Gasteiger partial charge in [-0.15, -0.1) is 0 Å². The third-order valence-electron chi connectivity index (χ3n) is 6.06. The first kappa shape index (κ1) is 24.6. The van der Waals surface area contributed by atoms with Crippen LogP contribution in [0.25, 0.3) is 16.9 Å². The highest BCUT2D eigenvalue weighted by molar-refractivity contribution is 5.60. The minimum Gasteiger partial charge on any atom is -0.356 e. The number of nitrogens with zero attached hydrogens (tertiary/aromatic N) is 6. The maximum absolute atomic E-state index is 12.9. The molecule has 8 nitrogen and oxygen atoms in total. The molecule has 0 spiro atoms. The average Bonchev–Trinajstić information content (AvgIpc) is 3.58. The lowest BCUT2D eigenvalue weighted by molar-refractivity contribution is 0.207. The molecule has 1 N–H and O–H groups in total. The largest absolute Gasteiger partial charge is 0.356 e. The Hall–Kier alpha value is -3.00. The van der Waals surface area contributed by atoms with E-state index in [1.54, 1.807) is 18.6 Å². The Labute approximate surface area is 196 Å². The van der Waals surface area contributed by atoms with Crippen LogP contribution in [0.3, 0.4) is 0 Å². The number of hydrogen-bond acceptors (Lipinski definition) is 6. The van der Waals surface area contributed by atoms with Crippen molar-refractivity contribution in [1.29, 1.82) is 0 Å². The SMILES string of the molecule is CC.CC.O=c1c(-c2cccnc2)c[nH]n1-c1cc(N2CCC(N3CCCC3)CC2)ncn1. The summed E-state index contributed by atoms with van der Waals surface area (Å²) >= 11 is 0. The molecule has 0 amide bonds. The lowest BCUT2D eigenvalue weighted by Crippen LogP contribution is -2.44. The smallest absolute Gasteiger partial charge is 0.280 e. The van der Waals surface area contributed by atoms with Gasteiger partial charge in [0.1, 0.15) is 12.1 Å². The van der Waals surface area contributed by atoms with E-state index in [1.807, 2.05) is 45.9 Å². The van der Waals surface area contributed by atoms with Crippen molar-refractivity contribution in [3.8, 4) is 16.9 Å². The van der Waals surface area contributed by atoms with E-state index in [0.29, 0.717) is 17.4 Å². The topological polar surface area (TPSA) is 82.9 Å². The number of piperidine rings is 1. The molecule has 2 saturated heterocycles. The molecule has 0 aliphatic carbocycles. The number of aromatic nitrogens is 5. The van der Waals surface area contributed by atoms with E-state index < -0.39 is 0 Å². The molecule has 3 aromatic rings. The molecule has 0 atom stereocenters. The quantitative estimate of drug-likeness (QED) is 0.642. The molecule has 0 unspecified atom stereocenters. The molecule has 0 radical (unpaired) electrons. The lowest BCUT2D eigenvalue weighted by Gasteiger charge is -2.37. The van der Waals surface area contributed by atoms with Gasteiger partial charge >= 0.3 is 0 Å². The molecule has 8 heteroatoms. The summed E-state index contributed by atoms with van der Waals surface area (Å²) in [4.78, 5) is 30.7. The second-order valence-electron chi connectivity index (χ2n) is 7.77. The third-order valence-corrected chi connectivity index (χ3v) is 6.06. The summed E-state index contributed by atoms with van der Waals surface area (Å²) in [6, 6.07) is 6.28. The van der Waals surface area contributed by atoms with E-state index in [9.17, 15) is 4.79 Å². The van der Waals surface area contributed by atoms with Gasteiger partial charge in [-0.05, 0) is 44.8 Å². The second-order valence-corrected chi connectivity index (χ2v) is 7.77. The van der Waals surface area contributed by atoms with E-state index in [4.69, 9.17) is 0 Å². The molecule has 33 heavy (non-hydrogen) atoms. The fraction of sp³-hybridized carbons (Fsp3) is 0.520. The van der Waals surface area contributed by atoms with Crippen LogP contribution in [0.5, 0.6) is 0 Å². The number of pyridine rings is 1. The zero-order valence-corrected chi connectivity index (χ0v) is 20.4. The summed E-state index contributed by atoms with van der Waals surface area (Å²) in [5.74, 6) is 1.43. The molecule has 5 heterocycles. The highest BCUT2D eigenvalue weighted by Crippen LogP contribution is 2.24. The Kier molecular flexibility index (Phi) is 9.18. The Morgan fingerprint density at radius 3 is 2.33 bits per heavy atom. The van der Waals surface area contributed by atoms with Crippen molar-refractivity contribution in [1.82, 2.24) is 29.6 Å². The summed E-state index contributed by atoms with van der Waals surface area (Å²) in [6.07, 6.45) is 11.6. The van der Waals surface area contributed by atoms with Crippen molar-refractivity contribution >= 4 is 5.82 Å². The molecule has 5 rings (SSSR count). The molecule has 0 aromatic carbocycles. The summed E-state index contributed by atoms with van der Waals surface area (Å²) in [7, 11) is 0. The molecule has 178 valence electrons. The van der Waals surface area contributed by atoms with Crippen molar-refractivity contribution < 1.29 is 0 Å². The zero-order chi connectivity index (χ0) is 23.6. The Balaban J connectivity index is 0.000000728. The summed E-state index contributed by atoms with van der Waals surface area (Å²) in [6.45, 7) is 12.5. The fourth-order valence-corrected chi connectivity index (χ4v) is 4.47. The van der Waals surface area contributed by atoms with Crippen LogP contribution in [0.4, 0.5) is 5.82 Å². The van der Waals surface area contributed by atoms with Crippen molar-refractivity contribution in [2.24, 2.45) is 0 Å². The van der Waals surface area contributed by atoms with Gasteiger partial charge in [-0.2, -0.15) is 0 Å². The minimum absolute atomic E-state index is 0.143. The lowest BCUT2D eigenvalue weighted by atomic mass is 10.0. The molecule has 2 aliphatic rings. The number of nitrogens with one attached hydrogen (secondary N) is 1. The number of anilines is 1. The van der Waals surface area contributed by atoms with Gasteiger partial charge in [0.15, 0.2) is 5.82 Å². The summed E-state index contributed by atoms with van der Waals surface area (Å²) in [5, 5.41) is 3.02. The minimum atomic E-state index is -0.143. The van der Waals surface area contributed by atoms with Gasteiger partial charge in [-0.1, -0.05) is 33.8 Å². The average molecular weight is 452 g/mol. The summed E-state index contributed by atoms with van der Waals surface area (Å²) < 4.78 is 1.46. The van der Waals surface area contributed by atoms with Gasteiger partial charge < -0.3 is 9.80 Å². The molecular formula is C25H37N7O. The van der Waals surface area contributed by atoms with E-state index in [1.165, 1.54) is 36.9 Å². The number of aromatic amines is 1. The molecule has 0 saturated carbocycles. The molecule has 3 aromatic heterocycles. The number of likely N-dealkylation sites (tertiary alicyclic amines) is 1. The van der Waals surface area contributed by atoms with Gasteiger partial charge in [0, 0.05) is 49.4 Å². The Bertz CT molecular complexity index is 1020. The van der Waals surface area contributed by atoms with Gasteiger partial charge in [0.25, 0.3) is 5.56 Å². The highest BCUT2D eigenvalue weighted by Gasteiger charge is 2.27. The van der Waals surface area contributed by atoms with E-state index in [2.05, 4.69) is 29.9 Å². The van der Waals surface area contributed by atoms with Crippen LogP contribution >= 0.6 is 0 Å². The van der Waals surface area contributed by atoms with E-state index in [-0.39, 0.29) is 5.56 Å². The normalized spacial score (nSPS) is 16.5. The van der Waals surface area contributed by atoms with Crippen LogP contribution in [0.15, 0.2) is 47.9 Å². The molecular weight excluding hydrogens is 414 g/mol. The van der Waals surface area contributed by atoms with Gasteiger partial charge in [-0.3, -0.25) is 14.9 Å². The van der Waals surface area contributed by atoms with E-state index >= 15 is 0 Å². The van der Waals surface area contributed by atoms with Crippen LogP contribution in [0, 0.1) is 0 Å². The maximum Gasteiger partial charge on any atom is 0.280 e. The van der Waals surface area contributed by atoms with Gasteiger partial charge in [0.05, 0.1) is 5.56 Å². The van der Waals surface area contributed by atoms with E-state index in [0.717, 1.165) is 37.3 Å². The zero-order valence-electron chi connectivity index (χ0n) is 20.4. The predicted molar refractivity (Wildman–Crippen MR) is 134 cm³/mol. The highest BCUT2D eigenvalue weighted by atomic mass is 16.1.